The molecule has 0 radical (unpaired) electrons. The van der Waals surface area contributed by atoms with E-state index in [4.69, 9.17) is 4.74 Å². The van der Waals surface area contributed by atoms with Gasteiger partial charge in [0, 0.05) is 11.8 Å². The largest absolute Gasteiger partial charge is 0.443 e. The van der Waals surface area contributed by atoms with E-state index >= 15 is 0 Å². The minimum atomic E-state index is -0.551. The monoisotopic (exact) mass is 251 g/mol. The summed E-state index contributed by atoms with van der Waals surface area (Å²) >= 11 is 0. The molecule has 1 aliphatic heterocycles. The molecule has 0 spiro atoms. The van der Waals surface area contributed by atoms with Crippen LogP contribution in [0.2, 0.25) is 0 Å². The molecule has 0 unspecified atom stereocenters. The van der Waals surface area contributed by atoms with Crippen LogP contribution in [0, 0.1) is 5.41 Å². The standard InChI is InChI=1S/C14H21NO3/c1-5-7-11-8-6-9-15(12(11)16)10-18-13(17)14(2,3)4/h6-7,9H,5,8,10H2,1-4H3. The minimum absolute atomic E-state index is 0.0213. The van der Waals surface area contributed by atoms with Crippen LogP contribution < -0.4 is 0 Å². The maximum absolute atomic E-state index is 12.0. The van der Waals surface area contributed by atoms with Crippen molar-refractivity contribution >= 4 is 11.9 Å². The lowest BCUT2D eigenvalue weighted by Crippen LogP contribution is -2.35. The van der Waals surface area contributed by atoms with Gasteiger partial charge in [0.15, 0.2) is 6.73 Å². The summed E-state index contributed by atoms with van der Waals surface area (Å²) < 4.78 is 5.13. The molecule has 4 heteroatoms. The molecule has 100 valence electrons. The van der Waals surface area contributed by atoms with Gasteiger partial charge in [0.2, 0.25) is 0 Å². The van der Waals surface area contributed by atoms with E-state index in [1.54, 1.807) is 27.0 Å². The van der Waals surface area contributed by atoms with E-state index in [0.29, 0.717) is 6.42 Å². The summed E-state index contributed by atoms with van der Waals surface area (Å²) in [5.41, 5.74) is 0.205. The fourth-order valence-corrected chi connectivity index (χ4v) is 1.51. The number of nitrogens with zero attached hydrogens (tertiary/aromatic N) is 1. The van der Waals surface area contributed by atoms with E-state index in [0.717, 1.165) is 12.0 Å². The van der Waals surface area contributed by atoms with Crippen molar-refractivity contribution < 1.29 is 14.3 Å². The van der Waals surface area contributed by atoms with Crippen LogP contribution in [0.15, 0.2) is 23.9 Å². The first-order valence-electron chi connectivity index (χ1n) is 6.20. The highest BCUT2D eigenvalue weighted by Gasteiger charge is 2.25. The van der Waals surface area contributed by atoms with Gasteiger partial charge in [-0.3, -0.25) is 14.5 Å². The van der Waals surface area contributed by atoms with E-state index in [2.05, 4.69) is 0 Å². The fraction of sp³-hybridized carbons (Fsp3) is 0.571. The molecule has 18 heavy (non-hydrogen) atoms. The molecule has 0 atom stereocenters. The molecule has 0 fully saturated rings. The van der Waals surface area contributed by atoms with E-state index < -0.39 is 5.41 Å². The molecule has 0 aromatic rings. The zero-order valence-corrected chi connectivity index (χ0v) is 11.5. The van der Waals surface area contributed by atoms with Gasteiger partial charge < -0.3 is 4.74 Å². The maximum Gasteiger partial charge on any atom is 0.312 e. The Bertz CT molecular complexity index is 388. The van der Waals surface area contributed by atoms with Crippen molar-refractivity contribution in [2.24, 2.45) is 5.41 Å². The van der Waals surface area contributed by atoms with Crippen LogP contribution in [0.4, 0.5) is 0 Å². The van der Waals surface area contributed by atoms with Crippen LogP contribution in [0.1, 0.15) is 40.5 Å². The van der Waals surface area contributed by atoms with Crippen molar-refractivity contribution in [3.8, 4) is 0 Å². The van der Waals surface area contributed by atoms with E-state index in [9.17, 15) is 9.59 Å². The first kappa shape index (κ1) is 14.5. The lowest BCUT2D eigenvalue weighted by atomic mass is 9.97. The molecule has 0 aromatic carbocycles. The van der Waals surface area contributed by atoms with Crippen molar-refractivity contribution in [1.29, 1.82) is 0 Å². The van der Waals surface area contributed by atoms with Gasteiger partial charge in [-0.15, -0.1) is 0 Å². The lowest BCUT2D eigenvalue weighted by molar-refractivity contribution is -0.158. The SMILES string of the molecule is CCC=C1CC=CN(COC(=O)C(C)(C)C)C1=O. The number of rotatable bonds is 3. The van der Waals surface area contributed by atoms with Crippen molar-refractivity contribution in [2.75, 3.05) is 6.73 Å². The van der Waals surface area contributed by atoms with Gasteiger partial charge in [-0.25, -0.2) is 0 Å². The predicted octanol–water partition coefficient (Wildman–Crippen LogP) is 2.62. The first-order chi connectivity index (χ1) is 8.36. The molecular formula is C14H21NO3. The maximum atomic E-state index is 12.0. The second-order valence-corrected chi connectivity index (χ2v) is 5.31. The van der Waals surface area contributed by atoms with Crippen LogP contribution in [-0.2, 0) is 14.3 Å². The topological polar surface area (TPSA) is 46.6 Å². The second kappa shape index (κ2) is 5.85. The molecule has 1 heterocycles. The number of amides is 1. The van der Waals surface area contributed by atoms with Crippen LogP contribution in [0.25, 0.3) is 0 Å². The smallest absolute Gasteiger partial charge is 0.312 e. The van der Waals surface area contributed by atoms with Gasteiger partial charge in [-0.05, 0) is 33.6 Å². The highest BCUT2D eigenvalue weighted by atomic mass is 16.5. The molecular weight excluding hydrogens is 230 g/mol. The number of ether oxygens (including phenoxy) is 1. The quantitative estimate of drug-likeness (QED) is 0.572. The summed E-state index contributed by atoms with van der Waals surface area (Å²) in [6.45, 7) is 7.32. The molecule has 0 saturated heterocycles. The van der Waals surface area contributed by atoms with Gasteiger partial charge in [-0.1, -0.05) is 19.1 Å². The molecule has 1 rings (SSSR count). The minimum Gasteiger partial charge on any atom is -0.443 e. The van der Waals surface area contributed by atoms with Gasteiger partial charge in [0.25, 0.3) is 5.91 Å². The molecule has 0 saturated carbocycles. The Kier molecular flexibility index (Phi) is 4.70. The van der Waals surface area contributed by atoms with Crippen molar-refractivity contribution in [3.05, 3.63) is 23.9 Å². The Morgan fingerprint density at radius 1 is 1.50 bits per heavy atom. The van der Waals surface area contributed by atoms with E-state index in [1.165, 1.54) is 4.90 Å². The van der Waals surface area contributed by atoms with Crippen LogP contribution in [-0.4, -0.2) is 23.5 Å². The van der Waals surface area contributed by atoms with Gasteiger partial charge in [0.05, 0.1) is 5.41 Å². The summed E-state index contributed by atoms with van der Waals surface area (Å²) in [5.74, 6) is -0.392. The number of esters is 1. The third-order valence-corrected chi connectivity index (χ3v) is 2.56. The zero-order valence-electron chi connectivity index (χ0n) is 11.5. The predicted molar refractivity (Wildman–Crippen MR) is 69.4 cm³/mol. The molecule has 0 bridgehead atoms. The highest BCUT2D eigenvalue weighted by Crippen LogP contribution is 2.18. The molecule has 4 nitrogen and oxygen atoms in total. The van der Waals surface area contributed by atoms with Gasteiger partial charge in [0.1, 0.15) is 0 Å². The van der Waals surface area contributed by atoms with Crippen LogP contribution in [0.5, 0.6) is 0 Å². The zero-order chi connectivity index (χ0) is 13.8. The van der Waals surface area contributed by atoms with E-state index in [1.807, 2.05) is 19.1 Å². The summed E-state index contributed by atoms with van der Waals surface area (Å²) in [4.78, 5) is 25.0. The third kappa shape index (κ3) is 3.72. The van der Waals surface area contributed by atoms with Gasteiger partial charge >= 0.3 is 5.97 Å². The summed E-state index contributed by atoms with van der Waals surface area (Å²) in [7, 11) is 0. The number of allylic oxidation sites excluding steroid dienone is 2. The molecule has 1 amide bonds. The van der Waals surface area contributed by atoms with Crippen LogP contribution in [0.3, 0.4) is 0 Å². The Morgan fingerprint density at radius 3 is 2.72 bits per heavy atom. The third-order valence-electron chi connectivity index (χ3n) is 2.56. The molecule has 0 N–H and O–H groups in total. The Hall–Kier alpha value is -1.58. The average molecular weight is 251 g/mol. The average Bonchev–Trinajstić information content (AvgIpc) is 2.29. The summed E-state index contributed by atoms with van der Waals surface area (Å²) in [5, 5.41) is 0. The lowest BCUT2D eigenvalue weighted by Gasteiger charge is -2.25. The van der Waals surface area contributed by atoms with Crippen LogP contribution >= 0.6 is 0 Å². The van der Waals surface area contributed by atoms with Gasteiger partial charge in [-0.2, -0.15) is 0 Å². The fourth-order valence-electron chi connectivity index (χ4n) is 1.51. The first-order valence-corrected chi connectivity index (χ1v) is 6.20. The van der Waals surface area contributed by atoms with Crippen molar-refractivity contribution in [1.82, 2.24) is 4.90 Å². The Morgan fingerprint density at radius 2 is 2.17 bits per heavy atom. The second-order valence-electron chi connectivity index (χ2n) is 5.31. The number of carbonyl (C=O) groups is 2. The number of carbonyl (C=O) groups excluding carboxylic acids is 2. The number of hydrogen-bond donors (Lipinski definition) is 0. The van der Waals surface area contributed by atoms with Crippen molar-refractivity contribution in [2.45, 2.75) is 40.5 Å². The number of hydrogen-bond acceptors (Lipinski definition) is 3. The van der Waals surface area contributed by atoms with E-state index in [-0.39, 0.29) is 18.6 Å². The molecule has 0 aromatic heterocycles. The highest BCUT2D eigenvalue weighted by molar-refractivity contribution is 5.95. The van der Waals surface area contributed by atoms with Crippen molar-refractivity contribution in [3.63, 3.8) is 0 Å². The normalized spacial score (nSPS) is 18.3. The summed E-state index contributed by atoms with van der Waals surface area (Å²) in [6, 6.07) is 0. The molecule has 1 aliphatic rings. The summed E-state index contributed by atoms with van der Waals surface area (Å²) in [6.07, 6.45) is 6.95. The Balaban J connectivity index is 2.61. The Labute approximate surface area is 108 Å². The molecule has 0 aliphatic carbocycles.